The summed E-state index contributed by atoms with van der Waals surface area (Å²) in [7, 11) is 0. The van der Waals surface area contributed by atoms with E-state index in [-0.39, 0.29) is 5.60 Å². The number of esters is 1. The number of hydrogen-bond donors (Lipinski definition) is 2. The molecule has 3 atom stereocenters. The number of carbonyl (C=O) groups excluding carboxylic acids is 1. The van der Waals surface area contributed by atoms with Crippen molar-refractivity contribution >= 4 is 17.3 Å². The second-order valence-electron chi connectivity index (χ2n) is 13.7. The van der Waals surface area contributed by atoms with Crippen LogP contribution in [-0.2, 0) is 6.42 Å². The van der Waals surface area contributed by atoms with E-state index in [1.54, 1.807) is 18.2 Å². The van der Waals surface area contributed by atoms with Gasteiger partial charge in [-0.05, 0) is 112 Å². The molecule has 2 aromatic carbocycles. The number of nitrogen functional groups attached to an aromatic ring is 2. The zero-order chi connectivity index (χ0) is 30.3. The van der Waals surface area contributed by atoms with Gasteiger partial charge in [-0.3, -0.25) is 0 Å². The Hall–Kier alpha value is -2.69. The van der Waals surface area contributed by atoms with Gasteiger partial charge < -0.3 is 20.9 Å². The summed E-state index contributed by atoms with van der Waals surface area (Å²) in [5, 5.41) is 0. The van der Waals surface area contributed by atoms with Gasteiger partial charge in [0.1, 0.15) is 11.4 Å². The van der Waals surface area contributed by atoms with Crippen LogP contribution in [0.15, 0.2) is 18.2 Å². The predicted molar refractivity (Wildman–Crippen MR) is 173 cm³/mol. The maximum absolute atomic E-state index is 13.3. The van der Waals surface area contributed by atoms with E-state index in [2.05, 4.69) is 41.5 Å². The number of ether oxygens (including phenoxy) is 2. The summed E-state index contributed by atoms with van der Waals surface area (Å²) in [5.41, 5.74) is 17.1. The highest BCUT2D eigenvalue weighted by atomic mass is 16.5. The summed E-state index contributed by atoms with van der Waals surface area (Å²) in [4.78, 5) is 13.3. The lowest BCUT2D eigenvalue weighted by Crippen LogP contribution is -2.37. The standard InChI is InChI=1S/C36H56N2O3/c1-23(2)12-9-13-24(3)14-10-15-25(4)16-11-20-36(8)21-19-30-28(7)33(26(5)27(6)34(30)41-36)35(39)40-32-18-17-29(37)22-31(32)38/h17-18,22-25H,9-16,19-21,37-38H2,1-8H3. The average Bonchev–Trinajstić information content (AvgIpc) is 2.88. The number of benzene rings is 2. The minimum Gasteiger partial charge on any atom is -0.487 e. The van der Waals surface area contributed by atoms with Gasteiger partial charge in [-0.1, -0.05) is 72.6 Å². The minimum atomic E-state index is -0.394. The third-order valence-corrected chi connectivity index (χ3v) is 9.35. The number of carbonyl (C=O) groups is 1. The van der Waals surface area contributed by atoms with E-state index < -0.39 is 5.97 Å². The third-order valence-electron chi connectivity index (χ3n) is 9.35. The van der Waals surface area contributed by atoms with Crippen LogP contribution in [0.25, 0.3) is 0 Å². The Labute approximate surface area is 249 Å². The number of fused-ring (bicyclic) bond motifs is 1. The van der Waals surface area contributed by atoms with Crippen LogP contribution >= 0.6 is 0 Å². The molecule has 228 valence electrons. The smallest absolute Gasteiger partial charge is 0.344 e. The molecule has 0 spiro atoms. The fraction of sp³-hybridized carbons (Fsp3) is 0.639. The van der Waals surface area contributed by atoms with Crippen molar-refractivity contribution in [2.45, 2.75) is 132 Å². The summed E-state index contributed by atoms with van der Waals surface area (Å²) < 4.78 is 12.5. The van der Waals surface area contributed by atoms with Crippen LogP contribution in [0.4, 0.5) is 11.4 Å². The van der Waals surface area contributed by atoms with Crippen molar-refractivity contribution in [2.24, 2.45) is 17.8 Å². The van der Waals surface area contributed by atoms with E-state index in [1.165, 1.54) is 51.4 Å². The molecule has 0 saturated heterocycles. The molecule has 0 fully saturated rings. The highest BCUT2D eigenvalue weighted by Gasteiger charge is 2.35. The normalized spacial score (nSPS) is 18.1. The molecule has 3 unspecified atom stereocenters. The number of nitrogens with two attached hydrogens (primary N) is 2. The maximum Gasteiger partial charge on any atom is 0.344 e. The van der Waals surface area contributed by atoms with Gasteiger partial charge in [-0.25, -0.2) is 4.79 Å². The largest absolute Gasteiger partial charge is 0.487 e. The molecule has 0 aliphatic carbocycles. The predicted octanol–water partition coefficient (Wildman–Crippen LogP) is 9.52. The number of hydrogen-bond acceptors (Lipinski definition) is 5. The lowest BCUT2D eigenvalue weighted by molar-refractivity contribution is 0.0512. The van der Waals surface area contributed by atoms with Gasteiger partial charge in [0.05, 0.1) is 11.3 Å². The molecule has 2 aromatic rings. The van der Waals surface area contributed by atoms with Gasteiger partial charge in [-0.2, -0.15) is 0 Å². The van der Waals surface area contributed by atoms with Crippen molar-refractivity contribution in [2.75, 3.05) is 11.5 Å². The van der Waals surface area contributed by atoms with Gasteiger partial charge in [-0.15, -0.1) is 0 Å². The summed E-state index contributed by atoms with van der Waals surface area (Å²) in [6, 6.07) is 4.93. The second kappa shape index (κ2) is 14.5. The van der Waals surface area contributed by atoms with E-state index >= 15 is 0 Å². The van der Waals surface area contributed by atoms with E-state index in [1.807, 2.05) is 13.8 Å². The quantitative estimate of drug-likeness (QED) is 0.135. The molecule has 1 aliphatic rings. The Morgan fingerprint density at radius 1 is 0.902 bits per heavy atom. The first-order valence-corrected chi connectivity index (χ1v) is 16.0. The van der Waals surface area contributed by atoms with Crippen molar-refractivity contribution < 1.29 is 14.3 Å². The van der Waals surface area contributed by atoms with E-state index in [0.29, 0.717) is 22.7 Å². The van der Waals surface area contributed by atoms with Crippen LogP contribution in [-0.4, -0.2) is 11.6 Å². The van der Waals surface area contributed by atoms with Crippen LogP contribution in [0.2, 0.25) is 0 Å². The average molecular weight is 565 g/mol. The van der Waals surface area contributed by atoms with Gasteiger partial charge in [0.2, 0.25) is 0 Å². The Balaban J connectivity index is 1.55. The zero-order valence-corrected chi connectivity index (χ0v) is 27.1. The topological polar surface area (TPSA) is 87.6 Å². The SMILES string of the molecule is Cc1c(C)c(C(=O)Oc2ccc(N)cc2N)c(C)c2c1OC(C)(CCCC(C)CCCC(C)CCCC(C)C)CC2. The Bertz CT molecular complexity index is 1190. The molecular weight excluding hydrogens is 508 g/mol. The molecule has 4 N–H and O–H groups in total. The Kier molecular flexibility index (Phi) is 11.6. The molecule has 41 heavy (non-hydrogen) atoms. The van der Waals surface area contributed by atoms with Crippen molar-refractivity contribution in [1.82, 2.24) is 0 Å². The van der Waals surface area contributed by atoms with Crippen LogP contribution in [0.3, 0.4) is 0 Å². The molecule has 0 saturated carbocycles. The molecule has 0 radical (unpaired) electrons. The molecule has 3 rings (SSSR count). The minimum absolute atomic E-state index is 0.179. The lowest BCUT2D eigenvalue weighted by Gasteiger charge is -2.38. The second-order valence-corrected chi connectivity index (χ2v) is 13.7. The Morgan fingerprint density at radius 2 is 1.51 bits per heavy atom. The molecule has 0 amide bonds. The van der Waals surface area contributed by atoms with Crippen molar-refractivity contribution in [3.05, 3.63) is 46.0 Å². The summed E-state index contributed by atoms with van der Waals surface area (Å²) >= 11 is 0. The summed E-state index contributed by atoms with van der Waals surface area (Å²) in [6.07, 6.45) is 13.5. The van der Waals surface area contributed by atoms with Crippen LogP contribution in [0.1, 0.15) is 131 Å². The first-order chi connectivity index (χ1) is 19.3. The lowest BCUT2D eigenvalue weighted by atomic mass is 9.82. The van der Waals surface area contributed by atoms with Gasteiger partial charge in [0, 0.05) is 5.69 Å². The molecule has 1 aliphatic heterocycles. The summed E-state index contributed by atoms with van der Waals surface area (Å²) in [5.74, 6) is 3.32. The molecular formula is C36H56N2O3. The highest BCUT2D eigenvalue weighted by molar-refractivity contribution is 5.96. The molecule has 0 aromatic heterocycles. The van der Waals surface area contributed by atoms with Gasteiger partial charge in [0.15, 0.2) is 5.75 Å². The number of anilines is 2. The fourth-order valence-corrected chi connectivity index (χ4v) is 6.41. The van der Waals surface area contributed by atoms with E-state index in [9.17, 15) is 4.79 Å². The monoisotopic (exact) mass is 564 g/mol. The number of rotatable bonds is 14. The van der Waals surface area contributed by atoms with Gasteiger partial charge >= 0.3 is 5.97 Å². The maximum atomic E-state index is 13.3. The van der Waals surface area contributed by atoms with Crippen molar-refractivity contribution in [3.63, 3.8) is 0 Å². The van der Waals surface area contributed by atoms with Crippen molar-refractivity contribution in [1.29, 1.82) is 0 Å². The fourth-order valence-electron chi connectivity index (χ4n) is 6.41. The molecule has 5 heteroatoms. The van der Waals surface area contributed by atoms with Gasteiger partial charge in [0.25, 0.3) is 0 Å². The third kappa shape index (κ3) is 8.90. The molecule has 5 nitrogen and oxygen atoms in total. The highest BCUT2D eigenvalue weighted by Crippen LogP contribution is 2.43. The van der Waals surface area contributed by atoms with Crippen LogP contribution in [0, 0.1) is 38.5 Å². The van der Waals surface area contributed by atoms with Crippen molar-refractivity contribution in [3.8, 4) is 11.5 Å². The van der Waals surface area contributed by atoms with Crippen LogP contribution < -0.4 is 20.9 Å². The first kappa shape index (κ1) is 32.8. The Morgan fingerprint density at radius 3 is 2.12 bits per heavy atom. The van der Waals surface area contributed by atoms with E-state index in [0.717, 1.165) is 65.0 Å². The van der Waals surface area contributed by atoms with Crippen LogP contribution in [0.5, 0.6) is 11.5 Å². The molecule has 0 bridgehead atoms. The van der Waals surface area contributed by atoms with E-state index in [4.69, 9.17) is 20.9 Å². The zero-order valence-electron chi connectivity index (χ0n) is 27.1. The molecule has 1 heterocycles. The summed E-state index contributed by atoms with van der Waals surface area (Å²) in [6.45, 7) is 17.8. The first-order valence-electron chi connectivity index (χ1n) is 16.0.